The van der Waals surface area contributed by atoms with Crippen molar-refractivity contribution in [2.24, 2.45) is 0 Å². The number of furan rings is 1. The number of likely N-dealkylation sites (tertiary alicyclic amines) is 1. The summed E-state index contributed by atoms with van der Waals surface area (Å²) in [6, 6.07) is 7.31. The van der Waals surface area contributed by atoms with Crippen LogP contribution in [0.15, 0.2) is 34.4 Å². The first-order valence-corrected chi connectivity index (χ1v) is 9.12. The molecule has 1 aromatic heterocycles. The Bertz CT molecular complexity index is 880. The number of phenols is 1. The van der Waals surface area contributed by atoms with Gasteiger partial charge in [-0.15, -0.1) is 0 Å². The number of rotatable bonds is 3. The zero-order valence-electron chi connectivity index (χ0n) is 15.1. The lowest BCUT2D eigenvalue weighted by Gasteiger charge is -2.33. The van der Waals surface area contributed by atoms with Crippen LogP contribution >= 0.6 is 0 Å². The van der Waals surface area contributed by atoms with Crippen LogP contribution < -0.4 is 4.74 Å². The van der Waals surface area contributed by atoms with Crippen molar-refractivity contribution in [1.82, 2.24) is 4.90 Å². The maximum atomic E-state index is 12.7. The third-order valence-corrected chi connectivity index (χ3v) is 5.25. The largest absolute Gasteiger partial charge is 0.507 e. The Morgan fingerprint density at radius 1 is 1.27 bits per heavy atom. The number of fused-ring (bicyclic) bond motifs is 1. The van der Waals surface area contributed by atoms with Gasteiger partial charge in [0, 0.05) is 18.7 Å². The zero-order valence-corrected chi connectivity index (χ0v) is 15.1. The Kier molecular flexibility index (Phi) is 4.32. The van der Waals surface area contributed by atoms with Gasteiger partial charge in [-0.25, -0.2) is 0 Å². The molecule has 0 amide bonds. The molecule has 136 valence electrons. The molecule has 0 unspecified atom stereocenters. The highest BCUT2D eigenvalue weighted by Crippen LogP contribution is 2.40. The van der Waals surface area contributed by atoms with Crippen molar-refractivity contribution in [1.29, 1.82) is 0 Å². The van der Waals surface area contributed by atoms with Crippen molar-refractivity contribution >= 4 is 11.9 Å². The highest BCUT2D eigenvalue weighted by atomic mass is 16.5. The summed E-state index contributed by atoms with van der Waals surface area (Å²) in [6.07, 6.45) is 5.15. The van der Waals surface area contributed by atoms with Crippen LogP contribution in [0.5, 0.6) is 11.5 Å². The molecular weight excluding hydrogens is 330 g/mol. The smallest absolute Gasteiger partial charge is 0.232 e. The van der Waals surface area contributed by atoms with Gasteiger partial charge >= 0.3 is 0 Å². The molecule has 0 saturated carbocycles. The van der Waals surface area contributed by atoms with Gasteiger partial charge in [-0.2, -0.15) is 0 Å². The summed E-state index contributed by atoms with van der Waals surface area (Å²) in [6.45, 7) is 5.63. The SMILES string of the molecule is Cc1ccc(/C=C2\Oc3c(ccc(O)c3CN3CCCC[C@@H]3C)C2=O)o1. The minimum absolute atomic E-state index is 0.171. The summed E-state index contributed by atoms with van der Waals surface area (Å²) in [5.74, 6) is 2.05. The second kappa shape index (κ2) is 6.65. The van der Waals surface area contributed by atoms with Crippen LogP contribution in [0.4, 0.5) is 0 Å². The fraction of sp³-hybridized carbons (Fsp3) is 0.381. The van der Waals surface area contributed by atoms with Crippen molar-refractivity contribution in [2.75, 3.05) is 6.54 Å². The van der Waals surface area contributed by atoms with Gasteiger partial charge in [0.25, 0.3) is 0 Å². The molecule has 1 aromatic carbocycles. The van der Waals surface area contributed by atoms with E-state index in [-0.39, 0.29) is 17.3 Å². The van der Waals surface area contributed by atoms with E-state index in [0.717, 1.165) is 25.1 Å². The second-order valence-electron chi connectivity index (χ2n) is 7.14. The lowest BCUT2D eigenvalue weighted by Crippen LogP contribution is -2.36. The Balaban J connectivity index is 1.66. The van der Waals surface area contributed by atoms with Gasteiger partial charge in [0.15, 0.2) is 5.76 Å². The van der Waals surface area contributed by atoms with E-state index < -0.39 is 0 Å². The first-order valence-electron chi connectivity index (χ1n) is 9.12. The number of hydrogen-bond acceptors (Lipinski definition) is 5. The quantitative estimate of drug-likeness (QED) is 0.834. The van der Waals surface area contributed by atoms with Crippen LogP contribution in [-0.2, 0) is 6.54 Å². The number of ether oxygens (including phenoxy) is 1. The molecule has 1 atom stereocenters. The Morgan fingerprint density at radius 3 is 2.85 bits per heavy atom. The normalized spacial score (nSPS) is 21.8. The van der Waals surface area contributed by atoms with E-state index in [2.05, 4.69) is 11.8 Å². The molecule has 1 saturated heterocycles. The summed E-state index contributed by atoms with van der Waals surface area (Å²) in [5, 5.41) is 10.4. The molecule has 0 bridgehead atoms. The van der Waals surface area contributed by atoms with Crippen molar-refractivity contribution in [3.8, 4) is 11.5 Å². The summed E-state index contributed by atoms with van der Waals surface area (Å²) in [4.78, 5) is 15.0. The second-order valence-corrected chi connectivity index (χ2v) is 7.14. The molecule has 1 N–H and O–H groups in total. The summed E-state index contributed by atoms with van der Waals surface area (Å²) in [5.41, 5.74) is 1.18. The van der Waals surface area contributed by atoms with Crippen molar-refractivity contribution in [2.45, 2.75) is 45.7 Å². The van der Waals surface area contributed by atoms with Gasteiger partial charge in [0.05, 0.1) is 11.1 Å². The highest BCUT2D eigenvalue weighted by Gasteiger charge is 2.32. The zero-order chi connectivity index (χ0) is 18.3. The van der Waals surface area contributed by atoms with E-state index in [1.54, 1.807) is 24.3 Å². The molecule has 1 fully saturated rings. The molecule has 5 heteroatoms. The van der Waals surface area contributed by atoms with Crippen LogP contribution in [0, 0.1) is 6.92 Å². The van der Waals surface area contributed by atoms with E-state index in [1.807, 2.05) is 13.0 Å². The Hall–Kier alpha value is -2.53. The Labute approximate surface area is 152 Å². The number of benzene rings is 1. The third-order valence-electron chi connectivity index (χ3n) is 5.25. The van der Waals surface area contributed by atoms with Gasteiger partial charge in [0.2, 0.25) is 5.78 Å². The highest BCUT2D eigenvalue weighted by molar-refractivity contribution is 6.14. The van der Waals surface area contributed by atoms with Gasteiger partial charge < -0.3 is 14.3 Å². The number of Topliss-reactive ketones (excluding diaryl/α,β-unsaturated/α-hetero) is 1. The number of phenolic OH excluding ortho intramolecular Hbond substituents is 1. The van der Waals surface area contributed by atoms with Crippen LogP contribution in [0.1, 0.15) is 53.6 Å². The van der Waals surface area contributed by atoms with Crippen LogP contribution in [0.3, 0.4) is 0 Å². The van der Waals surface area contributed by atoms with Gasteiger partial charge in [-0.05, 0) is 57.5 Å². The standard InChI is InChI=1S/C21H23NO4/c1-13-5-3-4-10-22(13)12-17-18(23)9-8-16-20(24)19(26-21(16)17)11-15-7-6-14(2)25-15/h6-9,11,13,23H,3-5,10,12H2,1-2H3/b19-11-/t13-/m0/s1. The van der Waals surface area contributed by atoms with Gasteiger partial charge in [0.1, 0.15) is 23.0 Å². The molecule has 4 rings (SSSR count). The lowest BCUT2D eigenvalue weighted by atomic mass is 10.0. The van der Waals surface area contributed by atoms with Crippen molar-refractivity contribution in [3.05, 3.63) is 52.7 Å². The first kappa shape index (κ1) is 16.9. The number of nitrogens with zero attached hydrogens (tertiary/aromatic N) is 1. The number of aromatic hydroxyl groups is 1. The minimum Gasteiger partial charge on any atom is -0.507 e. The predicted molar refractivity (Wildman–Crippen MR) is 98.2 cm³/mol. The van der Waals surface area contributed by atoms with E-state index in [0.29, 0.717) is 35.2 Å². The minimum atomic E-state index is -0.179. The lowest BCUT2D eigenvalue weighted by molar-refractivity contribution is 0.101. The van der Waals surface area contributed by atoms with Crippen LogP contribution in [-0.4, -0.2) is 28.4 Å². The number of ketones is 1. The molecule has 0 spiro atoms. The molecule has 3 heterocycles. The van der Waals surface area contributed by atoms with Crippen LogP contribution in [0.25, 0.3) is 6.08 Å². The molecule has 5 nitrogen and oxygen atoms in total. The predicted octanol–water partition coefficient (Wildman–Crippen LogP) is 4.28. The summed E-state index contributed by atoms with van der Waals surface area (Å²) < 4.78 is 11.4. The maximum absolute atomic E-state index is 12.7. The van der Waals surface area contributed by atoms with E-state index in [9.17, 15) is 9.90 Å². The van der Waals surface area contributed by atoms with Gasteiger partial charge in [-0.3, -0.25) is 9.69 Å². The number of carbonyl (C=O) groups excluding carboxylic acids is 1. The summed E-state index contributed by atoms with van der Waals surface area (Å²) in [7, 11) is 0. The van der Waals surface area contributed by atoms with Gasteiger partial charge in [-0.1, -0.05) is 6.42 Å². The molecule has 0 aliphatic carbocycles. The fourth-order valence-electron chi connectivity index (χ4n) is 3.71. The Morgan fingerprint density at radius 2 is 2.12 bits per heavy atom. The van der Waals surface area contributed by atoms with Crippen molar-refractivity contribution in [3.63, 3.8) is 0 Å². The average Bonchev–Trinajstić information content (AvgIpc) is 3.16. The monoisotopic (exact) mass is 353 g/mol. The molecule has 2 aliphatic rings. The fourth-order valence-corrected chi connectivity index (χ4v) is 3.71. The molecule has 26 heavy (non-hydrogen) atoms. The van der Waals surface area contributed by atoms with E-state index in [4.69, 9.17) is 9.15 Å². The molecule has 2 aliphatic heterocycles. The van der Waals surface area contributed by atoms with Crippen molar-refractivity contribution < 1.29 is 19.1 Å². The molecular formula is C21H23NO4. The number of aryl methyl sites for hydroxylation is 1. The molecule has 2 aromatic rings. The topological polar surface area (TPSA) is 62.9 Å². The number of allylic oxidation sites excluding steroid dienone is 1. The number of piperidine rings is 1. The summed E-state index contributed by atoms with van der Waals surface area (Å²) >= 11 is 0. The first-order chi connectivity index (χ1) is 12.5. The molecule has 0 radical (unpaired) electrons. The van der Waals surface area contributed by atoms with E-state index >= 15 is 0 Å². The average molecular weight is 353 g/mol. The number of hydrogen-bond donors (Lipinski definition) is 1. The van der Waals surface area contributed by atoms with Crippen LogP contribution in [0.2, 0.25) is 0 Å². The maximum Gasteiger partial charge on any atom is 0.232 e. The van der Waals surface area contributed by atoms with E-state index in [1.165, 1.54) is 6.42 Å². The third kappa shape index (κ3) is 3.03. The number of carbonyl (C=O) groups is 1.